The topological polar surface area (TPSA) is 85.4 Å². The van der Waals surface area contributed by atoms with Crippen LogP contribution in [0.4, 0.5) is 11.4 Å². The number of nitrogens with zero attached hydrogens (tertiary/aromatic N) is 3. The predicted molar refractivity (Wildman–Crippen MR) is 185 cm³/mol. The lowest BCUT2D eigenvalue weighted by atomic mass is 9.76. The Bertz CT molecular complexity index is 1950. The number of aliphatic imine (C=N–C) groups is 1. The molecular formula is C39H38N6O. The van der Waals surface area contributed by atoms with Crippen molar-refractivity contribution in [2.45, 2.75) is 56.8 Å². The van der Waals surface area contributed by atoms with E-state index < -0.39 is 6.04 Å². The number of amides is 1. The second-order valence-corrected chi connectivity index (χ2v) is 13.4. The van der Waals surface area contributed by atoms with Gasteiger partial charge in [0.25, 0.3) is 5.91 Å². The Hall–Kier alpha value is -4.91. The minimum Gasteiger partial charge on any atom is -0.362 e. The van der Waals surface area contributed by atoms with Gasteiger partial charge in [0, 0.05) is 12.3 Å². The van der Waals surface area contributed by atoms with E-state index in [4.69, 9.17) is 4.99 Å². The van der Waals surface area contributed by atoms with Gasteiger partial charge in [-0.2, -0.15) is 0 Å². The zero-order valence-corrected chi connectivity index (χ0v) is 25.8. The highest BCUT2D eigenvalue weighted by atomic mass is 16.2. The number of anilines is 2. The van der Waals surface area contributed by atoms with E-state index >= 15 is 0 Å². The van der Waals surface area contributed by atoms with Crippen molar-refractivity contribution in [3.8, 4) is 22.3 Å². The normalized spacial score (nSPS) is 24.7. The van der Waals surface area contributed by atoms with Crippen molar-refractivity contribution in [1.82, 2.24) is 14.9 Å². The molecule has 2 saturated carbocycles. The second-order valence-electron chi connectivity index (χ2n) is 13.4. The minimum atomic E-state index is -0.462. The van der Waals surface area contributed by atoms with Gasteiger partial charge in [0.05, 0.1) is 34.8 Å². The van der Waals surface area contributed by atoms with E-state index in [0.717, 1.165) is 70.8 Å². The molecule has 3 N–H and O–H groups in total. The molecule has 0 spiro atoms. The fourth-order valence-corrected chi connectivity index (χ4v) is 8.18. The van der Waals surface area contributed by atoms with Crippen molar-refractivity contribution < 1.29 is 4.79 Å². The summed E-state index contributed by atoms with van der Waals surface area (Å²) < 4.78 is 0. The molecule has 2 aliphatic heterocycles. The molecule has 0 radical (unpaired) electrons. The average molecular weight is 607 g/mol. The monoisotopic (exact) mass is 606 g/mol. The van der Waals surface area contributed by atoms with Crippen molar-refractivity contribution in [3.05, 3.63) is 103 Å². The van der Waals surface area contributed by atoms with Crippen LogP contribution in [0.25, 0.3) is 33.3 Å². The molecule has 230 valence electrons. The van der Waals surface area contributed by atoms with E-state index in [0.29, 0.717) is 5.92 Å². The number of hydrogen-bond acceptors (Lipinski definition) is 5. The molecule has 3 heterocycles. The molecule has 1 amide bonds. The van der Waals surface area contributed by atoms with Crippen LogP contribution < -0.4 is 10.6 Å². The van der Waals surface area contributed by atoms with Gasteiger partial charge < -0.3 is 20.5 Å². The molecule has 1 aromatic heterocycles. The number of benzene rings is 4. The van der Waals surface area contributed by atoms with Crippen molar-refractivity contribution in [3.63, 3.8) is 0 Å². The summed E-state index contributed by atoms with van der Waals surface area (Å²) in [6.45, 7) is 0.769. The van der Waals surface area contributed by atoms with Crippen molar-refractivity contribution in [1.29, 1.82) is 0 Å². The Balaban J connectivity index is 0.932. The van der Waals surface area contributed by atoms with Gasteiger partial charge in [0.2, 0.25) is 0 Å². The zero-order valence-electron chi connectivity index (χ0n) is 25.8. The van der Waals surface area contributed by atoms with Crippen LogP contribution in [0.3, 0.4) is 0 Å². The highest BCUT2D eigenvalue weighted by Gasteiger charge is 2.43. The molecule has 5 unspecified atom stereocenters. The van der Waals surface area contributed by atoms with Gasteiger partial charge in [-0.3, -0.25) is 9.79 Å². The number of H-pyrrole nitrogens is 1. The second kappa shape index (κ2) is 11.2. The lowest BCUT2D eigenvalue weighted by Crippen LogP contribution is -2.49. The van der Waals surface area contributed by atoms with E-state index in [9.17, 15) is 4.79 Å². The Morgan fingerprint density at radius 3 is 2.35 bits per heavy atom. The average Bonchev–Trinajstić information content (AvgIpc) is 3.89. The molecule has 7 nitrogen and oxygen atoms in total. The van der Waals surface area contributed by atoms with E-state index in [-0.39, 0.29) is 18.1 Å². The number of aromatic nitrogens is 2. The number of rotatable bonds is 6. The zero-order chi connectivity index (χ0) is 30.6. The largest absolute Gasteiger partial charge is 0.362 e. The first kappa shape index (κ1) is 27.4. The van der Waals surface area contributed by atoms with Crippen LogP contribution in [0.2, 0.25) is 0 Å². The molecule has 1 saturated heterocycles. The van der Waals surface area contributed by atoms with Gasteiger partial charge in [0.1, 0.15) is 6.17 Å². The Labute approximate surface area is 269 Å². The maximum atomic E-state index is 14.4. The SMILES string of the molecule is O=C(C(N=C1CCC2CCC12)c1ccccc1)N1CCCC1C1Nc2ccc(-c3ccc(-c4ccc5nc[nH]c5c4)cc3)cc2N1. The quantitative estimate of drug-likeness (QED) is 0.183. The number of carbonyl (C=O) groups is 1. The number of imidazole rings is 1. The third-order valence-corrected chi connectivity index (χ3v) is 10.8. The Kier molecular flexibility index (Phi) is 6.65. The van der Waals surface area contributed by atoms with Crippen molar-refractivity contribution in [2.75, 3.05) is 17.2 Å². The smallest absolute Gasteiger partial charge is 0.252 e. The Morgan fingerprint density at radius 2 is 1.57 bits per heavy atom. The summed E-state index contributed by atoms with van der Waals surface area (Å²) in [5.74, 6) is 1.52. The van der Waals surface area contributed by atoms with E-state index in [2.05, 4.69) is 98.3 Å². The van der Waals surface area contributed by atoms with Gasteiger partial charge >= 0.3 is 0 Å². The highest BCUT2D eigenvalue weighted by molar-refractivity contribution is 5.94. The van der Waals surface area contributed by atoms with Gasteiger partial charge in [-0.25, -0.2) is 4.98 Å². The molecule has 7 heteroatoms. The molecule has 5 aromatic rings. The number of carbonyl (C=O) groups excluding carboxylic acids is 1. The molecular weight excluding hydrogens is 568 g/mol. The summed E-state index contributed by atoms with van der Waals surface area (Å²) in [7, 11) is 0. The third kappa shape index (κ3) is 4.77. The first-order valence-corrected chi connectivity index (χ1v) is 16.8. The van der Waals surface area contributed by atoms with E-state index in [1.54, 1.807) is 6.33 Å². The minimum absolute atomic E-state index is 0.0388. The molecule has 4 aliphatic rings. The number of hydrogen-bond donors (Lipinski definition) is 3. The van der Waals surface area contributed by atoms with Gasteiger partial charge in [-0.05, 0) is 102 Å². The summed E-state index contributed by atoms with van der Waals surface area (Å²) in [4.78, 5) is 29.2. The number of aromatic amines is 1. The number of likely N-dealkylation sites (tertiary alicyclic amines) is 1. The fraction of sp³-hybridized carbons (Fsp3) is 0.308. The predicted octanol–water partition coefficient (Wildman–Crippen LogP) is 8.05. The summed E-state index contributed by atoms with van der Waals surface area (Å²) in [6.07, 6.45) is 8.48. The fourth-order valence-electron chi connectivity index (χ4n) is 8.18. The first-order valence-electron chi connectivity index (χ1n) is 16.8. The number of nitrogens with one attached hydrogen (secondary N) is 3. The van der Waals surface area contributed by atoms with Crippen molar-refractivity contribution in [2.24, 2.45) is 16.8 Å². The van der Waals surface area contributed by atoms with Crippen LogP contribution in [-0.4, -0.2) is 45.2 Å². The molecule has 4 aromatic carbocycles. The van der Waals surface area contributed by atoms with Crippen LogP contribution in [0.1, 0.15) is 50.1 Å². The molecule has 9 rings (SSSR count). The van der Waals surface area contributed by atoms with Crippen LogP contribution in [0.5, 0.6) is 0 Å². The summed E-state index contributed by atoms with van der Waals surface area (Å²) >= 11 is 0. The first-order chi connectivity index (χ1) is 22.7. The molecule has 0 bridgehead atoms. The summed E-state index contributed by atoms with van der Waals surface area (Å²) in [6, 6.07) is 31.4. The summed E-state index contributed by atoms with van der Waals surface area (Å²) in [5.41, 5.74) is 11.1. The molecule has 5 atom stereocenters. The highest BCUT2D eigenvalue weighted by Crippen LogP contribution is 2.46. The standard InChI is InChI=1S/C39H38N6O/c46-39(37(27-5-2-1-3-6-27)42-31-17-13-26-12-16-30(26)31)45-20-4-7-36(45)38-43-33-19-15-29(22-35(33)44-38)25-10-8-24(9-11-25)28-14-18-32-34(21-28)41-23-40-32/h1-3,5-6,8-11,14-15,18-19,21-23,26,30,36-38,43-44H,4,7,12-13,16-17,20H2,(H,40,41). The maximum Gasteiger partial charge on any atom is 0.252 e. The lowest BCUT2D eigenvalue weighted by Gasteiger charge is -2.33. The van der Waals surface area contributed by atoms with Gasteiger partial charge in [-0.1, -0.05) is 66.7 Å². The molecule has 2 aliphatic carbocycles. The van der Waals surface area contributed by atoms with Gasteiger partial charge in [-0.15, -0.1) is 0 Å². The lowest BCUT2D eigenvalue weighted by molar-refractivity contribution is -0.133. The van der Waals surface area contributed by atoms with Crippen LogP contribution in [0.15, 0.2) is 102 Å². The van der Waals surface area contributed by atoms with Crippen LogP contribution in [-0.2, 0) is 4.79 Å². The molecule has 46 heavy (non-hydrogen) atoms. The van der Waals surface area contributed by atoms with Crippen molar-refractivity contribution >= 4 is 34.0 Å². The Morgan fingerprint density at radius 1 is 0.804 bits per heavy atom. The third-order valence-electron chi connectivity index (χ3n) is 10.8. The molecule has 3 fully saturated rings. The van der Waals surface area contributed by atoms with Gasteiger partial charge in [0.15, 0.2) is 6.04 Å². The number of fused-ring (bicyclic) bond motifs is 3. The van der Waals surface area contributed by atoms with Crippen LogP contribution >= 0.6 is 0 Å². The maximum absolute atomic E-state index is 14.4. The van der Waals surface area contributed by atoms with Crippen LogP contribution in [0, 0.1) is 11.8 Å². The van der Waals surface area contributed by atoms with E-state index in [1.807, 2.05) is 18.2 Å². The van der Waals surface area contributed by atoms with E-state index in [1.165, 1.54) is 36.1 Å². The summed E-state index contributed by atoms with van der Waals surface area (Å²) in [5, 5.41) is 7.45.